The molecule has 1 fully saturated rings. The molecule has 28 heavy (non-hydrogen) atoms. The van der Waals surface area contributed by atoms with Gasteiger partial charge in [-0.15, -0.1) is 0 Å². The molecule has 0 N–H and O–H groups in total. The lowest BCUT2D eigenvalue weighted by Crippen LogP contribution is -2.10. The number of hydrogen-bond acceptors (Lipinski definition) is 3. The third-order valence-electron chi connectivity index (χ3n) is 5.66. The Morgan fingerprint density at radius 1 is 0.786 bits per heavy atom. The van der Waals surface area contributed by atoms with Crippen molar-refractivity contribution < 1.29 is 0 Å². The van der Waals surface area contributed by atoms with Gasteiger partial charge >= 0.3 is 0 Å². The van der Waals surface area contributed by atoms with E-state index in [-0.39, 0.29) is 6.17 Å². The zero-order valence-corrected chi connectivity index (χ0v) is 16.7. The lowest BCUT2D eigenvalue weighted by Gasteiger charge is -2.17. The molecule has 5 rings (SSSR count). The van der Waals surface area contributed by atoms with Gasteiger partial charge < -0.3 is 4.90 Å². The predicted octanol–water partition coefficient (Wildman–Crippen LogP) is 5.33. The lowest BCUT2D eigenvalue weighted by atomic mass is 10.0. The van der Waals surface area contributed by atoms with Crippen molar-refractivity contribution in [3.8, 4) is 0 Å². The Hall–Kier alpha value is -2.62. The molecule has 0 bridgehead atoms. The summed E-state index contributed by atoms with van der Waals surface area (Å²) in [5, 5.41) is 0.755. The summed E-state index contributed by atoms with van der Waals surface area (Å²) < 4.78 is 0. The molecule has 0 spiro atoms. The first-order chi connectivity index (χ1) is 13.6. The van der Waals surface area contributed by atoms with E-state index in [1.54, 1.807) is 0 Å². The van der Waals surface area contributed by atoms with Crippen LogP contribution in [0.5, 0.6) is 0 Å². The van der Waals surface area contributed by atoms with E-state index in [1.807, 2.05) is 12.1 Å². The fourth-order valence-corrected chi connectivity index (χ4v) is 4.31. The van der Waals surface area contributed by atoms with Crippen LogP contribution < -0.4 is 4.90 Å². The van der Waals surface area contributed by atoms with Gasteiger partial charge in [0, 0.05) is 24.8 Å². The standard InChI is InChI=1S/C24H22ClN3/c1-27(2)20-14-10-18(11-15-20)24-26-21(16-8-12-19(25)13-9-16)23-22(28(23)24)17-6-4-3-5-7-17/h3-15,22-24H,1-2H3/t22-,23+,24+,28?/m0/s1. The Bertz CT molecular complexity index is 1010. The molecule has 2 heterocycles. The number of rotatable bonds is 4. The minimum Gasteiger partial charge on any atom is -0.378 e. The van der Waals surface area contributed by atoms with Gasteiger partial charge in [-0.25, -0.2) is 0 Å². The molecule has 140 valence electrons. The largest absolute Gasteiger partial charge is 0.378 e. The molecular formula is C24H22ClN3. The van der Waals surface area contributed by atoms with E-state index in [0.29, 0.717) is 12.1 Å². The van der Waals surface area contributed by atoms with Crippen LogP contribution in [0.15, 0.2) is 83.9 Å². The summed E-state index contributed by atoms with van der Waals surface area (Å²) in [4.78, 5) is 9.75. The normalized spacial score (nSPS) is 25.2. The molecule has 3 aromatic carbocycles. The molecule has 0 amide bonds. The highest BCUT2D eigenvalue weighted by Gasteiger charge is 2.59. The molecule has 2 aliphatic rings. The lowest BCUT2D eigenvalue weighted by molar-refractivity contribution is 0.404. The quantitative estimate of drug-likeness (QED) is 0.563. The summed E-state index contributed by atoms with van der Waals surface area (Å²) >= 11 is 6.10. The van der Waals surface area contributed by atoms with Crippen molar-refractivity contribution in [1.82, 2.24) is 4.90 Å². The summed E-state index contributed by atoms with van der Waals surface area (Å²) in [6.07, 6.45) is 0.0529. The molecule has 1 unspecified atom stereocenters. The number of benzene rings is 3. The summed E-state index contributed by atoms with van der Waals surface area (Å²) in [5.74, 6) is 0. The van der Waals surface area contributed by atoms with E-state index in [2.05, 4.69) is 90.6 Å². The highest BCUT2D eigenvalue weighted by Crippen LogP contribution is 2.55. The van der Waals surface area contributed by atoms with Crippen molar-refractivity contribution in [3.05, 3.63) is 101 Å². The van der Waals surface area contributed by atoms with Crippen LogP contribution in [0, 0.1) is 0 Å². The van der Waals surface area contributed by atoms with E-state index < -0.39 is 0 Å². The Kier molecular flexibility index (Phi) is 4.22. The van der Waals surface area contributed by atoms with Crippen LogP contribution in [-0.4, -0.2) is 30.7 Å². The van der Waals surface area contributed by atoms with Gasteiger partial charge in [0.15, 0.2) is 0 Å². The third kappa shape index (κ3) is 2.92. The predicted molar refractivity (Wildman–Crippen MR) is 116 cm³/mol. The highest BCUT2D eigenvalue weighted by atomic mass is 35.5. The molecular weight excluding hydrogens is 366 g/mol. The highest BCUT2D eigenvalue weighted by molar-refractivity contribution is 6.30. The Morgan fingerprint density at radius 3 is 2.11 bits per heavy atom. The number of fused-ring (bicyclic) bond motifs is 1. The summed E-state index contributed by atoms with van der Waals surface area (Å²) in [7, 11) is 4.13. The summed E-state index contributed by atoms with van der Waals surface area (Å²) in [6, 6.07) is 28.2. The van der Waals surface area contributed by atoms with E-state index in [9.17, 15) is 0 Å². The third-order valence-corrected chi connectivity index (χ3v) is 5.92. The van der Waals surface area contributed by atoms with Crippen LogP contribution in [0.3, 0.4) is 0 Å². The minimum absolute atomic E-state index is 0.0529. The number of anilines is 1. The molecule has 0 radical (unpaired) electrons. The molecule has 4 atom stereocenters. The van der Waals surface area contributed by atoms with Crippen molar-refractivity contribution in [2.24, 2.45) is 4.99 Å². The van der Waals surface area contributed by atoms with Gasteiger partial charge in [0.1, 0.15) is 6.17 Å². The van der Waals surface area contributed by atoms with E-state index >= 15 is 0 Å². The number of aliphatic imine (C=N–C) groups is 1. The smallest absolute Gasteiger partial charge is 0.129 e. The molecule has 0 aliphatic carbocycles. The SMILES string of the molecule is CN(C)c1ccc([C@@H]2N=C(c3ccc(Cl)cc3)[C@@H]3[C@H](c4ccccc4)N32)cc1. The van der Waals surface area contributed by atoms with E-state index in [0.717, 1.165) is 16.3 Å². The monoisotopic (exact) mass is 387 g/mol. The molecule has 0 saturated carbocycles. The summed E-state index contributed by atoms with van der Waals surface area (Å²) in [5.41, 5.74) is 6.10. The van der Waals surface area contributed by atoms with Crippen molar-refractivity contribution >= 4 is 23.0 Å². The van der Waals surface area contributed by atoms with E-state index in [4.69, 9.17) is 16.6 Å². The average Bonchev–Trinajstić information content (AvgIpc) is 3.34. The maximum absolute atomic E-state index is 6.10. The maximum atomic E-state index is 6.10. The molecule has 4 heteroatoms. The Labute approximate surface area is 170 Å². The maximum Gasteiger partial charge on any atom is 0.129 e. The topological polar surface area (TPSA) is 18.6 Å². The van der Waals surface area contributed by atoms with E-state index in [1.165, 1.54) is 16.8 Å². The Balaban J connectivity index is 1.53. The van der Waals surface area contributed by atoms with Gasteiger partial charge in [-0.3, -0.25) is 9.89 Å². The fraction of sp³-hybridized carbons (Fsp3) is 0.208. The molecule has 2 aliphatic heterocycles. The second-order valence-electron chi connectivity index (χ2n) is 7.63. The van der Waals surface area contributed by atoms with Crippen molar-refractivity contribution in [2.75, 3.05) is 19.0 Å². The minimum atomic E-state index is 0.0529. The van der Waals surface area contributed by atoms with Crippen molar-refractivity contribution in [3.63, 3.8) is 0 Å². The fourth-order valence-electron chi connectivity index (χ4n) is 4.18. The van der Waals surface area contributed by atoms with Crippen LogP contribution in [0.25, 0.3) is 0 Å². The van der Waals surface area contributed by atoms with Gasteiger partial charge in [-0.05, 0) is 41.0 Å². The van der Waals surface area contributed by atoms with Crippen LogP contribution >= 0.6 is 11.6 Å². The first kappa shape index (κ1) is 17.5. The number of nitrogens with zero attached hydrogens (tertiary/aromatic N) is 3. The van der Waals surface area contributed by atoms with Gasteiger partial charge in [0.05, 0.1) is 17.8 Å². The average molecular weight is 388 g/mol. The van der Waals surface area contributed by atoms with Crippen LogP contribution in [0.4, 0.5) is 5.69 Å². The Morgan fingerprint density at radius 2 is 1.46 bits per heavy atom. The molecule has 3 nitrogen and oxygen atoms in total. The van der Waals surface area contributed by atoms with Crippen molar-refractivity contribution in [2.45, 2.75) is 18.2 Å². The summed E-state index contributed by atoms with van der Waals surface area (Å²) in [6.45, 7) is 0. The van der Waals surface area contributed by atoms with Crippen molar-refractivity contribution in [1.29, 1.82) is 0 Å². The first-order valence-electron chi connectivity index (χ1n) is 9.57. The number of hydrogen-bond donors (Lipinski definition) is 0. The number of halogens is 1. The molecule has 0 aromatic heterocycles. The van der Waals surface area contributed by atoms with Gasteiger partial charge in [0.25, 0.3) is 0 Å². The van der Waals surface area contributed by atoms with Gasteiger partial charge in [-0.2, -0.15) is 0 Å². The zero-order valence-electron chi connectivity index (χ0n) is 16.0. The second kappa shape index (κ2) is 6.77. The van der Waals surface area contributed by atoms with Gasteiger partial charge in [-0.1, -0.05) is 66.2 Å². The van der Waals surface area contributed by atoms with Crippen LogP contribution in [-0.2, 0) is 0 Å². The van der Waals surface area contributed by atoms with Crippen LogP contribution in [0.2, 0.25) is 5.02 Å². The van der Waals surface area contributed by atoms with Gasteiger partial charge in [0.2, 0.25) is 0 Å². The first-order valence-corrected chi connectivity index (χ1v) is 9.94. The zero-order chi connectivity index (χ0) is 19.3. The molecule has 1 saturated heterocycles. The van der Waals surface area contributed by atoms with Crippen LogP contribution in [0.1, 0.15) is 28.9 Å². The second-order valence-corrected chi connectivity index (χ2v) is 8.06. The molecule has 3 aromatic rings.